The molecule has 0 heterocycles. The van der Waals surface area contributed by atoms with Crippen LogP contribution in [0.25, 0.3) is 0 Å². The molecular weight excluding hydrogens is 517 g/mol. The minimum atomic E-state index is -3.92. The van der Waals surface area contributed by atoms with Crippen LogP contribution in [0.15, 0.2) is 72.8 Å². The van der Waals surface area contributed by atoms with Crippen LogP contribution in [-0.4, -0.2) is 51.0 Å². The zero-order chi connectivity index (χ0) is 27.2. The molecule has 1 atom stereocenters. The van der Waals surface area contributed by atoms with Crippen molar-refractivity contribution in [1.29, 1.82) is 0 Å². The predicted molar refractivity (Wildman–Crippen MR) is 143 cm³/mol. The van der Waals surface area contributed by atoms with Gasteiger partial charge in [-0.3, -0.25) is 13.9 Å². The van der Waals surface area contributed by atoms with E-state index in [1.54, 1.807) is 31.2 Å². The van der Waals surface area contributed by atoms with E-state index < -0.39 is 40.2 Å². The summed E-state index contributed by atoms with van der Waals surface area (Å²) in [5, 5.41) is 2.92. The van der Waals surface area contributed by atoms with E-state index >= 15 is 0 Å². The van der Waals surface area contributed by atoms with Crippen molar-refractivity contribution in [3.8, 4) is 0 Å². The normalized spacial score (nSPS) is 12.0. The number of benzene rings is 3. The van der Waals surface area contributed by atoms with E-state index in [9.17, 15) is 22.4 Å². The summed E-state index contributed by atoms with van der Waals surface area (Å²) >= 11 is 6.22. The largest absolute Gasteiger partial charge is 0.357 e. The third-order valence-corrected chi connectivity index (χ3v) is 7.54. The van der Waals surface area contributed by atoms with Crippen LogP contribution in [0, 0.1) is 12.7 Å². The minimum absolute atomic E-state index is 0.149. The first-order chi connectivity index (χ1) is 17.5. The summed E-state index contributed by atoms with van der Waals surface area (Å²) in [5.74, 6) is -1.67. The van der Waals surface area contributed by atoms with E-state index in [0.29, 0.717) is 10.6 Å². The lowest BCUT2D eigenvalue weighted by atomic mass is 10.0. The maximum Gasteiger partial charge on any atom is 0.244 e. The van der Waals surface area contributed by atoms with Crippen molar-refractivity contribution in [3.05, 3.63) is 100 Å². The Morgan fingerprint density at radius 1 is 1.00 bits per heavy atom. The molecule has 0 aliphatic carbocycles. The second kappa shape index (κ2) is 12.2. The molecule has 3 rings (SSSR count). The molecule has 0 aromatic heterocycles. The van der Waals surface area contributed by atoms with Gasteiger partial charge in [0.2, 0.25) is 21.8 Å². The Hall–Kier alpha value is -3.43. The molecule has 1 N–H and O–H groups in total. The Kier molecular flexibility index (Phi) is 9.29. The quantitative estimate of drug-likeness (QED) is 0.418. The molecule has 3 aromatic carbocycles. The van der Waals surface area contributed by atoms with Gasteiger partial charge in [-0.05, 0) is 36.2 Å². The van der Waals surface area contributed by atoms with Gasteiger partial charge in [0.05, 0.1) is 11.9 Å². The molecular formula is C27H29ClFN3O4S. The molecule has 10 heteroatoms. The lowest BCUT2D eigenvalue weighted by molar-refractivity contribution is -0.139. The Morgan fingerprint density at radius 2 is 1.65 bits per heavy atom. The highest BCUT2D eigenvalue weighted by Gasteiger charge is 2.33. The van der Waals surface area contributed by atoms with Gasteiger partial charge in [-0.15, -0.1) is 0 Å². The second-order valence-electron chi connectivity index (χ2n) is 8.59. The highest BCUT2D eigenvalue weighted by atomic mass is 35.5. The van der Waals surface area contributed by atoms with Crippen LogP contribution in [0.5, 0.6) is 0 Å². The fourth-order valence-electron chi connectivity index (χ4n) is 3.99. The Morgan fingerprint density at radius 3 is 2.27 bits per heavy atom. The summed E-state index contributed by atoms with van der Waals surface area (Å²) in [6.07, 6.45) is 1.14. The Bertz CT molecular complexity index is 1370. The first-order valence-electron chi connectivity index (χ1n) is 11.5. The van der Waals surface area contributed by atoms with E-state index in [4.69, 9.17) is 11.6 Å². The van der Waals surface area contributed by atoms with Crippen LogP contribution in [0.1, 0.15) is 16.7 Å². The third kappa shape index (κ3) is 7.08. The average Bonchev–Trinajstić information content (AvgIpc) is 2.87. The molecule has 0 bridgehead atoms. The van der Waals surface area contributed by atoms with Crippen molar-refractivity contribution < 1.29 is 22.4 Å². The number of nitrogens with one attached hydrogen (secondary N) is 1. The van der Waals surface area contributed by atoms with Gasteiger partial charge in [0.25, 0.3) is 0 Å². The van der Waals surface area contributed by atoms with E-state index in [2.05, 4.69) is 5.32 Å². The molecule has 0 aliphatic heterocycles. The fraction of sp³-hybridized carbons (Fsp3) is 0.259. The van der Waals surface area contributed by atoms with E-state index in [1.165, 1.54) is 30.1 Å². The van der Waals surface area contributed by atoms with Crippen LogP contribution in [-0.2, 0) is 32.6 Å². The first-order valence-corrected chi connectivity index (χ1v) is 13.8. The minimum Gasteiger partial charge on any atom is -0.357 e. The Labute approximate surface area is 221 Å². The number of carbonyl (C=O) groups excluding carboxylic acids is 2. The zero-order valence-electron chi connectivity index (χ0n) is 20.8. The van der Waals surface area contributed by atoms with Crippen molar-refractivity contribution in [2.24, 2.45) is 0 Å². The van der Waals surface area contributed by atoms with Crippen LogP contribution in [0.3, 0.4) is 0 Å². The standard InChI is InChI=1S/C27H29ClFN3O4S/c1-19-22(28)13-9-15-24(19)32(37(3,35)36)18-26(33)31(17-21-12-7-8-14-23(21)29)25(27(34)30-2)16-20-10-5-4-6-11-20/h4-15,25H,16-18H2,1-3H3,(H,30,34)/t25-/m0/s1. The summed E-state index contributed by atoms with van der Waals surface area (Å²) in [6.45, 7) is 0.819. The first kappa shape index (κ1) is 28.1. The number of hydrogen-bond donors (Lipinski definition) is 1. The number of nitrogens with zero attached hydrogens (tertiary/aromatic N) is 2. The van der Waals surface area contributed by atoms with Gasteiger partial charge in [-0.2, -0.15) is 0 Å². The highest BCUT2D eigenvalue weighted by Crippen LogP contribution is 2.28. The van der Waals surface area contributed by atoms with Crippen LogP contribution < -0.4 is 9.62 Å². The molecule has 2 amide bonds. The second-order valence-corrected chi connectivity index (χ2v) is 10.9. The smallest absolute Gasteiger partial charge is 0.244 e. The number of anilines is 1. The molecule has 0 saturated carbocycles. The molecule has 7 nitrogen and oxygen atoms in total. The molecule has 196 valence electrons. The van der Waals surface area contributed by atoms with Gasteiger partial charge in [0.1, 0.15) is 18.4 Å². The maximum atomic E-state index is 14.6. The van der Waals surface area contributed by atoms with Gasteiger partial charge < -0.3 is 10.2 Å². The molecule has 0 spiro atoms. The van der Waals surface area contributed by atoms with Crippen molar-refractivity contribution in [2.75, 3.05) is 24.2 Å². The van der Waals surface area contributed by atoms with E-state index in [-0.39, 0.29) is 24.2 Å². The van der Waals surface area contributed by atoms with Crippen LogP contribution in [0.2, 0.25) is 5.02 Å². The van der Waals surface area contributed by atoms with Gasteiger partial charge in [0, 0.05) is 30.6 Å². The highest BCUT2D eigenvalue weighted by molar-refractivity contribution is 7.92. The maximum absolute atomic E-state index is 14.6. The van der Waals surface area contributed by atoms with E-state index in [0.717, 1.165) is 16.1 Å². The molecule has 0 fully saturated rings. The lowest BCUT2D eigenvalue weighted by Crippen LogP contribution is -2.53. The molecule has 0 saturated heterocycles. The molecule has 0 aliphatic rings. The summed E-state index contributed by atoms with van der Waals surface area (Å²) in [7, 11) is -2.48. The fourth-order valence-corrected chi connectivity index (χ4v) is 5.06. The van der Waals surface area contributed by atoms with Crippen molar-refractivity contribution in [2.45, 2.75) is 25.9 Å². The average molecular weight is 546 g/mol. The third-order valence-electron chi connectivity index (χ3n) is 6.00. The lowest BCUT2D eigenvalue weighted by Gasteiger charge is -2.33. The predicted octanol–water partition coefficient (Wildman–Crippen LogP) is 3.94. The van der Waals surface area contributed by atoms with Gasteiger partial charge in [-0.1, -0.05) is 66.2 Å². The van der Waals surface area contributed by atoms with Crippen LogP contribution in [0.4, 0.5) is 10.1 Å². The molecule has 0 radical (unpaired) electrons. The zero-order valence-corrected chi connectivity index (χ0v) is 22.4. The van der Waals surface area contributed by atoms with Gasteiger partial charge >= 0.3 is 0 Å². The molecule has 3 aromatic rings. The summed E-state index contributed by atoms with van der Waals surface area (Å²) in [4.78, 5) is 28.1. The number of hydrogen-bond acceptors (Lipinski definition) is 4. The van der Waals surface area contributed by atoms with Gasteiger partial charge in [0.15, 0.2) is 0 Å². The van der Waals surface area contributed by atoms with Crippen LogP contribution >= 0.6 is 11.6 Å². The van der Waals surface area contributed by atoms with E-state index in [1.807, 2.05) is 30.3 Å². The number of halogens is 2. The summed E-state index contributed by atoms with van der Waals surface area (Å²) in [5.41, 5.74) is 1.71. The summed E-state index contributed by atoms with van der Waals surface area (Å²) in [6, 6.07) is 18.8. The van der Waals surface area contributed by atoms with Crippen molar-refractivity contribution in [3.63, 3.8) is 0 Å². The van der Waals surface area contributed by atoms with Crippen molar-refractivity contribution in [1.82, 2.24) is 10.2 Å². The molecule has 37 heavy (non-hydrogen) atoms. The molecule has 0 unspecified atom stereocenters. The van der Waals surface area contributed by atoms with Crippen molar-refractivity contribution >= 4 is 39.1 Å². The topological polar surface area (TPSA) is 86.8 Å². The summed E-state index contributed by atoms with van der Waals surface area (Å²) < 4.78 is 41.2. The SMILES string of the molecule is CNC(=O)[C@H](Cc1ccccc1)N(Cc1ccccc1F)C(=O)CN(c1cccc(Cl)c1C)S(C)(=O)=O. The number of amides is 2. The number of sulfonamides is 1. The number of rotatable bonds is 10. The van der Waals surface area contributed by atoms with Gasteiger partial charge in [-0.25, -0.2) is 12.8 Å². The number of carbonyl (C=O) groups is 2. The Balaban J connectivity index is 2.07. The monoisotopic (exact) mass is 545 g/mol. The number of likely N-dealkylation sites (N-methyl/N-ethyl adjacent to an activating group) is 1.